The minimum Gasteiger partial charge on any atom is -0.332 e. The number of hydrogen-bond donors (Lipinski definition) is 0. The maximum absolute atomic E-state index is 12.2. The molecule has 1 rings (SSSR count). The van der Waals surface area contributed by atoms with Crippen LogP contribution in [0.4, 0.5) is 13.2 Å². The van der Waals surface area contributed by atoms with Gasteiger partial charge >= 0.3 is 6.18 Å². The highest BCUT2D eigenvalue weighted by molar-refractivity contribution is 5.80. The Morgan fingerprint density at radius 2 is 2.18 bits per heavy atom. The van der Waals surface area contributed by atoms with Gasteiger partial charge in [0.2, 0.25) is 5.91 Å². The predicted molar refractivity (Wildman–Crippen MR) is 55.2 cm³/mol. The first-order valence-electron chi connectivity index (χ1n) is 5.20. The van der Waals surface area contributed by atoms with E-state index >= 15 is 0 Å². The van der Waals surface area contributed by atoms with Gasteiger partial charge in [0.25, 0.3) is 0 Å². The van der Waals surface area contributed by atoms with E-state index in [9.17, 15) is 18.0 Å². The smallest absolute Gasteiger partial charge is 0.332 e. The molecule has 0 aliphatic heterocycles. The third kappa shape index (κ3) is 3.76. The second kappa shape index (κ2) is 5.20. The molecule has 0 saturated carbocycles. The van der Waals surface area contributed by atoms with E-state index in [1.807, 2.05) is 0 Å². The lowest BCUT2D eigenvalue weighted by atomic mass is 10.3. The zero-order valence-corrected chi connectivity index (χ0v) is 9.61. The van der Waals surface area contributed by atoms with Crippen LogP contribution in [0.15, 0.2) is 18.5 Å². The average Bonchev–Trinajstić information content (AvgIpc) is 2.75. The van der Waals surface area contributed by atoms with Crippen molar-refractivity contribution >= 4 is 5.91 Å². The van der Waals surface area contributed by atoms with Crippen LogP contribution < -0.4 is 0 Å². The Kier molecular flexibility index (Phi) is 4.14. The van der Waals surface area contributed by atoms with Gasteiger partial charge in [0.15, 0.2) is 0 Å². The summed E-state index contributed by atoms with van der Waals surface area (Å²) in [5, 5.41) is 3.84. The highest BCUT2D eigenvalue weighted by Crippen LogP contribution is 2.18. The summed E-state index contributed by atoms with van der Waals surface area (Å²) in [4.78, 5) is 12.6. The number of alkyl halides is 3. The van der Waals surface area contributed by atoms with Crippen LogP contribution in [-0.2, 0) is 4.79 Å². The molecule has 1 aromatic heterocycles. The molecule has 0 N–H and O–H groups in total. The number of carbonyl (C=O) groups excluding carboxylic acids is 1. The van der Waals surface area contributed by atoms with E-state index in [1.165, 1.54) is 24.7 Å². The van der Waals surface area contributed by atoms with Crippen LogP contribution in [0.2, 0.25) is 0 Å². The standard InChI is InChI=1S/C10H14F3N3O/c1-3-15(7-10(11,12)13)9(17)8(2)16-6-4-5-14-16/h4-6,8H,3,7H2,1-2H3. The van der Waals surface area contributed by atoms with Crippen LogP contribution in [-0.4, -0.2) is 39.9 Å². The van der Waals surface area contributed by atoms with Crippen LogP contribution in [0.1, 0.15) is 19.9 Å². The Bertz CT molecular complexity index is 361. The molecular weight excluding hydrogens is 235 g/mol. The van der Waals surface area contributed by atoms with Gasteiger partial charge in [-0.15, -0.1) is 0 Å². The van der Waals surface area contributed by atoms with E-state index in [4.69, 9.17) is 0 Å². The number of hydrogen-bond acceptors (Lipinski definition) is 2. The maximum Gasteiger partial charge on any atom is 0.406 e. The molecule has 1 heterocycles. The second-order valence-corrected chi connectivity index (χ2v) is 3.63. The minimum atomic E-state index is -4.38. The first kappa shape index (κ1) is 13.5. The van der Waals surface area contributed by atoms with Crippen molar-refractivity contribution in [1.82, 2.24) is 14.7 Å². The predicted octanol–water partition coefficient (Wildman–Crippen LogP) is 1.85. The van der Waals surface area contributed by atoms with Crippen molar-refractivity contribution in [2.75, 3.05) is 13.1 Å². The van der Waals surface area contributed by atoms with Gasteiger partial charge in [0.1, 0.15) is 12.6 Å². The van der Waals surface area contributed by atoms with Crippen LogP contribution in [0, 0.1) is 0 Å². The summed E-state index contributed by atoms with van der Waals surface area (Å²) in [5.74, 6) is -0.589. The molecule has 0 fully saturated rings. The Morgan fingerprint density at radius 1 is 1.53 bits per heavy atom. The molecule has 7 heteroatoms. The third-order valence-electron chi connectivity index (χ3n) is 2.34. The number of amides is 1. The molecule has 1 aromatic rings. The van der Waals surface area contributed by atoms with E-state index < -0.39 is 24.7 Å². The highest BCUT2D eigenvalue weighted by Gasteiger charge is 2.34. The van der Waals surface area contributed by atoms with Gasteiger partial charge in [0.05, 0.1) is 0 Å². The van der Waals surface area contributed by atoms with Gasteiger partial charge < -0.3 is 4.90 Å². The van der Waals surface area contributed by atoms with Crippen molar-refractivity contribution in [3.63, 3.8) is 0 Å². The topological polar surface area (TPSA) is 38.1 Å². The zero-order chi connectivity index (χ0) is 13.1. The van der Waals surface area contributed by atoms with Gasteiger partial charge in [0, 0.05) is 18.9 Å². The summed E-state index contributed by atoms with van der Waals surface area (Å²) in [6.07, 6.45) is -1.36. The maximum atomic E-state index is 12.2. The fraction of sp³-hybridized carbons (Fsp3) is 0.600. The molecule has 0 aromatic carbocycles. The normalized spacial score (nSPS) is 13.5. The highest BCUT2D eigenvalue weighted by atomic mass is 19.4. The first-order chi connectivity index (χ1) is 7.85. The lowest BCUT2D eigenvalue weighted by Gasteiger charge is -2.25. The van der Waals surface area contributed by atoms with Crippen molar-refractivity contribution in [3.8, 4) is 0 Å². The fourth-order valence-electron chi connectivity index (χ4n) is 1.45. The summed E-state index contributed by atoms with van der Waals surface area (Å²) in [6, 6.07) is 0.886. The molecule has 0 saturated heterocycles. The lowest BCUT2D eigenvalue weighted by Crippen LogP contribution is -2.42. The summed E-state index contributed by atoms with van der Waals surface area (Å²) >= 11 is 0. The SMILES string of the molecule is CCN(CC(F)(F)F)C(=O)C(C)n1cccn1. The van der Waals surface area contributed by atoms with Crippen molar-refractivity contribution in [1.29, 1.82) is 0 Å². The first-order valence-corrected chi connectivity index (χ1v) is 5.20. The van der Waals surface area contributed by atoms with Crippen molar-refractivity contribution in [3.05, 3.63) is 18.5 Å². The summed E-state index contributed by atoms with van der Waals surface area (Å²) in [5.41, 5.74) is 0. The van der Waals surface area contributed by atoms with E-state index in [1.54, 1.807) is 12.3 Å². The van der Waals surface area contributed by atoms with Gasteiger partial charge in [-0.3, -0.25) is 9.48 Å². The molecule has 96 valence electrons. The monoisotopic (exact) mass is 249 g/mol. The van der Waals surface area contributed by atoms with Gasteiger partial charge in [-0.1, -0.05) is 0 Å². The Hall–Kier alpha value is -1.53. The van der Waals surface area contributed by atoms with E-state index in [0.717, 1.165) is 4.90 Å². The zero-order valence-electron chi connectivity index (χ0n) is 9.61. The Balaban J connectivity index is 2.73. The third-order valence-corrected chi connectivity index (χ3v) is 2.34. The number of halogens is 3. The van der Waals surface area contributed by atoms with Crippen molar-refractivity contribution in [2.45, 2.75) is 26.1 Å². The fourth-order valence-corrected chi connectivity index (χ4v) is 1.45. The largest absolute Gasteiger partial charge is 0.406 e. The van der Waals surface area contributed by atoms with Gasteiger partial charge in [-0.25, -0.2) is 0 Å². The molecule has 1 unspecified atom stereocenters. The van der Waals surface area contributed by atoms with Crippen LogP contribution in [0.3, 0.4) is 0 Å². The molecule has 0 radical (unpaired) electrons. The molecule has 17 heavy (non-hydrogen) atoms. The van der Waals surface area contributed by atoms with Gasteiger partial charge in [-0.05, 0) is 19.9 Å². The summed E-state index contributed by atoms with van der Waals surface area (Å²) in [6.45, 7) is 1.83. The summed E-state index contributed by atoms with van der Waals surface area (Å²) < 4.78 is 38.1. The van der Waals surface area contributed by atoms with Crippen LogP contribution in [0.5, 0.6) is 0 Å². The molecular formula is C10H14F3N3O. The van der Waals surface area contributed by atoms with Gasteiger partial charge in [-0.2, -0.15) is 18.3 Å². The molecule has 0 spiro atoms. The molecule has 0 aliphatic rings. The van der Waals surface area contributed by atoms with E-state index in [2.05, 4.69) is 5.10 Å². The molecule has 0 bridgehead atoms. The summed E-state index contributed by atoms with van der Waals surface area (Å²) in [7, 11) is 0. The van der Waals surface area contributed by atoms with Crippen molar-refractivity contribution < 1.29 is 18.0 Å². The molecule has 4 nitrogen and oxygen atoms in total. The van der Waals surface area contributed by atoms with Crippen LogP contribution in [0.25, 0.3) is 0 Å². The van der Waals surface area contributed by atoms with Crippen LogP contribution >= 0.6 is 0 Å². The Labute approximate surface area is 97.0 Å². The minimum absolute atomic E-state index is 0.0178. The number of nitrogens with zero attached hydrogens (tertiary/aromatic N) is 3. The average molecular weight is 249 g/mol. The van der Waals surface area contributed by atoms with E-state index in [-0.39, 0.29) is 6.54 Å². The second-order valence-electron chi connectivity index (χ2n) is 3.63. The van der Waals surface area contributed by atoms with E-state index in [0.29, 0.717) is 0 Å². The number of rotatable bonds is 4. The Morgan fingerprint density at radius 3 is 2.59 bits per heavy atom. The van der Waals surface area contributed by atoms with Crippen molar-refractivity contribution in [2.24, 2.45) is 0 Å². The molecule has 1 atom stereocenters. The lowest BCUT2D eigenvalue weighted by molar-refractivity contribution is -0.162. The number of aromatic nitrogens is 2. The quantitative estimate of drug-likeness (QED) is 0.816. The molecule has 1 amide bonds. The number of carbonyl (C=O) groups is 1. The molecule has 0 aliphatic carbocycles. The number of likely N-dealkylation sites (N-methyl/N-ethyl adjacent to an activating group) is 1.